The molecule has 2 rings (SSSR count). The van der Waals surface area contributed by atoms with Crippen molar-refractivity contribution < 1.29 is 10.2 Å². The van der Waals surface area contributed by atoms with Crippen LogP contribution in [-0.2, 0) is 0 Å². The Kier molecular flexibility index (Phi) is 4.52. The second-order valence-corrected chi connectivity index (χ2v) is 5.45. The molecular formula is C12H18N4O2S. The molecule has 0 radical (unpaired) electrons. The van der Waals surface area contributed by atoms with E-state index in [4.69, 9.17) is 5.11 Å². The number of aliphatic hydroxyl groups excluding tert-OH is 2. The summed E-state index contributed by atoms with van der Waals surface area (Å²) in [6.07, 6.45) is -0.799. The first kappa shape index (κ1) is 14.0. The normalized spacial score (nSPS) is 12.6. The first-order valence-corrected chi connectivity index (χ1v) is 7.00. The van der Waals surface area contributed by atoms with Gasteiger partial charge in [-0.3, -0.25) is 0 Å². The fourth-order valence-corrected chi connectivity index (χ4v) is 2.57. The lowest BCUT2D eigenvalue weighted by molar-refractivity contribution is 0.105. The van der Waals surface area contributed by atoms with Gasteiger partial charge in [-0.1, -0.05) is 0 Å². The summed E-state index contributed by atoms with van der Waals surface area (Å²) >= 11 is 1.60. The van der Waals surface area contributed by atoms with Crippen LogP contribution in [0, 0.1) is 6.92 Å². The van der Waals surface area contributed by atoms with Crippen LogP contribution < -0.4 is 10.6 Å². The Morgan fingerprint density at radius 3 is 2.84 bits per heavy atom. The third kappa shape index (κ3) is 3.31. The quantitative estimate of drug-likeness (QED) is 0.636. The predicted molar refractivity (Wildman–Crippen MR) is 77.9 cm³/mol. The molecule has 0 aliphatic heterocycles. The molecule has 0 saturated heterocycles. The van der Waals surface area contributed by atoms with E-state index >= 15 is 0 Å². The number of aliphatic hydroxyl groups is 2. The molecule has 0 aromatic carbocycles. The van der Waals surface area contributed by atoms with E-state index < -0.39 is 6.10 Å². The SMILES string of the molecule is CCNc1nc(NCC(O)CO)c2cc(C)sc2n1. The van der Waals surface area contributed by atoms with Crippen molar-refractivity contribution in [3.05, 3.63) is 10.9 Å². The highest BCUT2D eigenvalue weighted by molar-refractivity contribution is 7.18. The Bertz CT molecular complexity index is 558. The third-order valence-electron chi connectivity index (χ3n) is 2.57. The Morgan fingerprint density at radius 1 is 1.37 bits per heavy atom. The van der Waals surface area contributed by atoms with Crippen LogP contribution in [0.2, 0.25) is 0 Å². The Hall–Kier alpha value is -1.44. The van der Waals surface area contributed by atoms with E-state index in [0.717, 1.165) is 21.6 Å². The molecular weight excluding hydrogens is 264 g/mol. The summed E-state index contributed by atoms with van der Waals surface area (Å²) in [6, 6.07) is 2.02. The topological polar surface area (TPSA) is 90.3 Å². The van der Waals surface area contributed by atoms with Crippen molar-refractivity contribution in [1.82, 2.24) is 9.97 Å². The maximum Gasteiger partial charge on any atom is 0.226 e. The molecule has 0 saturated carbocycles. The number of rotatable bonds is 6. The zero-order valence-corrected chi connectivity index (χ0v) is 11.8. The number of anilines is 2. The summed E-state index contributed by atoms with van der Waals surface area (Å²) in [6.45, 7) is 4.73. The van der Waals surface area contributed by atoms with Crippen molar-refractivity contribution in [1.29, 1.82) is 0 Å². The van der Waals surface area contributed by atoms with Crippen LogP contribution in [0.4, 0.5) is 11.8 Å². The van der Waals surface area contributed by atoms with Crippen LogP contribution in [0.25, 0.3) is 10.2 Å². The first-order valence-electron chi connectivity index (χ1n) is 6.19. The molecule has 1 unspecified atom stereocenters. The van der Waals surface area contributed by atoms with Gasteiger partial charge < -0.3 is 20.8 Å². The standard InChI is InChI=1S/C12H18N4O2S/c1-3-13-12-15-10(14-5-8(18)6-17)9-4-7(2)19-11(9)16-12/h4,8,17-18H,3,5-6H2,1-2H3,(H2,13,14,15,16). The average Bonchev–Trinajstić information content (AvgIpc) is 2.76. The summed E-state index contributed by atoms with van der Waals surface area (Å²) in [5.41, 5.74) is 0. The van der Waals surface area contributed by atoms with E-state index in [0.29, 0.717) is 11.8 Å². The molecule has 6 nitrogen and oxygen atoms in total. The molecule has 2 aromatic heterocycles. The predicted octanol–water partition coefficient (Wildman–Crippen LogP) is 1.20. The molecule has 0 amide bonds. The molecule has 19 heavy (non-hydrogen) atoms. The van der Waals surface area contributed by atoms with Crippen LogP contribution in [0.3, 0.4) is 0 Å². The molecule has 4 N–H and O–H groups in total. The molecule has 1 atom stereocenters. The summed E-state index contributed by atoms with van der Waals surface area (Å²) in [7, 11) is 0. The minimum absolute atomic E-state index is 0.253. The van der Waals surface area contributed by atoms with E-state index in [2.05, 4.69) is 20.6 Å². The van der Waals surface area contributed by atoms with Crippen molar-refractivity contribution in [2.45, 2.75) is 20.0 Å². The van der Waals surface area contributed by atoms with E-state index in [1.807, 2.05) is 19.9 Å². The second kappa shape index (κ2) is 6.14. The van der Waals surface area contributed by atoms with E-state index in [9.17, 15) is 5.11 Å². The molecule has 0 bridgehead atoms. The fraction of sp³-hybridized carbons (Fsp3) is 0.500. The molecule has 2 heterocycles. The lowest BCUT2D eigenvalue weighted by atomic mass is 10.3. The molecule has 0 fully saturated rings. The zero-order valence-electron chi connectivity index (χ0n) is 11.0. The summed E-state index contributed by atoms with van der Waals surface area (Å²) in [4.78, 5) is 10.9. The first-order chi connectivity index (χ1) is 9.13. The summed E-state index contributed by atoms with van der Waals surface area (Å²) in [5.74, 6) is 1.25. The van der Waals surface area contributed by atoms with Crippen LogP contribution >= 0.6 is 11.3 Å². The highest BCUT2D eigenvalue weighted by atomic mass is 32.1. The zero-order chi connectivity index (χ0) is 13.8. The number of hydrogen-bond donors (Lipinski definition) is 4. The van der Waals surface area contributed by atoms with Gasteiger partial charge in [0, 0.05) is 18.0 Å². The van der Waals surface area contributed by atoms with Crippen LogP contribution in [-0.4, -0.2) is 46.0 Å². The summed E-state index contributed by atoms with van der Waals surface area (Å²) < 4.78 is 0. The maximum absolute atomic E-state index is 9.40. The Labute approximate surface area is 115 Å². The molecule has 2 aromatic rings. The van der Waals surface area contributed by atoms with Gasteiger partial charge in [0.2, 0.25) is 5.95 Å². The Morgan fingerprint density at radius 2 is 2.16 bits per heavy atom. The fourth-order valence-electron chi connectivity index (χ4n) is 1.69. The van der Waals surface area contributed by atoms with Crippen molar-refractivity contribution in [2.75, 3.05) is 30.3 Å². The van der Waals surface area contributed by atoms with Gasteiger partial charge in [0.15, 0.2) is 0 Å². The molecule has 0 aliphatic carbocycles. The van der Waals surface area contributed by atoms with E-state index in [1.54, 1.807) is 11.3 Å². The number of nitrogens with one attached hydrogen (secondary N) is 2. The Balaban J connectivity index is 2.32. The average molecular weight is 282 g/mol. The minimum Gasteiger partial charge on any atom is -0.394 e. The van der Waals surface area contributed by atoms with Gasteiger partial charge >= 0.3 is 0 Å². The van der Waals surface area contributed by atoms with Gasteiger partial charge in [-0.15, -0.1) is 11.3 Å². The monoisotopic (exact) mass is 282 g/mol. The number of thiophene rings is 1. The van der Waals surface area contributed by atoms with Gasteiger partial charge in [-0.05, 0) is 19.9 Å². The summed E-state index contributed by atoms with van der Waals surface area (Å²) in [5, 5.41) is 25.3. The van der Waals surface area contributed by atoms with Crippen LogP contribution in [0.5, 0.6) is 0 Å². The maximum atomic E-state index is 9.40. The van der Waals surface area contributed by atoms with Gasteiger partial charge in [-0.2, -0.15) is 4.98 Å². The van der Waals surface area contributed by atoms with Crippen LogP contribution in [0.1, 0.15) is 11.8 Å². The van der Waals surface area contributed by atoms with Crippen molar-refractivity contribution in [2.24, 2.45) is 0 Å². The number of fused-ring (bicyclic) bond motifs is 1. The smallest absolute Gasteiger partial charge is 0.226 e. The van der Waals surface area contributed by atoms with Crippen molar-refractivity contribution >= 4 is 33.3 Å². The van der Waals surface area contributed by atoms with Gasteiger partial charge in [-0.25, -0.2) is 4.98 Å². The molecule has 0 spiro atoms. The van der Waals surface area contributed by atoms with Gasteiger partial charge in [0.25, 0.3) is 0 Å². The molecule has 104 valence electrons. The molecule has 7 heteroatoms. The second-order valence-electron chi connectivity index (χ2n) is 4.22. The third-order valence-corrected chi connectivity index (χ3v) is 3.51. The number of aromatic nitrogens is 2. The van der Waals surface area contributed by atoms with E-state index in [-0.39, 0.29) is 13.2 Å². The van der Waals surface area contributed by atoms with Crippen molar-refractivity contribution in [3.63, 3.8) is 0 Å². The van der Waals surface area contributed by atoms with Gasteiger partial charge in [0.05, 0.1) is 18.1 Å². The largest absolute Gasteiger partial charge is 0.394 e. The lowest BCUT2D eigenvalue weighted by Crippen LogP contribution is -2.23. The van der Waals surface area contributed by atoms with Crippen molar-refractivity contribution in [3.8, 4) is 0 Å². The van der Waals surface area contributed by atoms with Crippen LogP contribution in [0.15, 0.2) is 6.07 Å². The minimum atomic E-state index is -0.799. The van der Waals surface area contributed by atoms with E-state index in [1.165, 1.54) is 0 Å². The number of aryl methyl sites for hydroxylation is 1. The number of hydrogen-bond acceptors (Lipinski definition) is 7. The lowest BCUT2D eigenvalue weighted by Gasteiger charge is -2.11. The highest BCUT2D eigenvalue weighted by Crippen LogP contribution is 2.29. The highest BCUT2D eigenvalue weighted by Gasteiger charge is 2.11. The molecule has 0 aliphatic rings. The van der Waals surface area contributed by atoms with Gasteiger partial charge in [0.1, 0.15) is 10.6 Å². The number of nitrogens with zero attached hydrogens (tertiary/aromatic N) is 2.